The molecule has 2 aromatic carbocycles. The monoisotopic (exact) mass is 408 g/mol. The third kappa shape index (κ3) is 3.59. The number of halogens is 2. The summed E-state index contributed by atoms with van der Waals surface area (Å²) in [6, 6.07) is 8.87. The van der Waals surface area contributed by atoms with E-state index in [1.54, 1.807) is 18.2 Å². The molecule has 0 atom stereocenters. The molecule has 0 spiro atoms. The summed E-state index contributed by atoms with van der Waals surface area (Å²) < 4.78 is 42.1. The van der Waals surface area contributed by atoms with Crippen LogP contribution in [0, 0.1) is 5.82 Å². The molecule has 1 aliphatic carbocycles. The van der Waals surface area contributed by atoms with Crippen LogP contribution in [0.15, 0.2) is 41.3 Å². The van der Waals surface area contributed by atoms with E-state index in [-0.39, 0.29) is 34.0 Å². The Morgan fingerprint density at radius 3 is 2.67 bits per heavy atom. The van der Waals surface area contributed by atoms with E-state index in [9.17, 15) is 17.6 Å². The largest absolute Gasteiger partial charge is 0.326 e. The molecule has 0 bridgehead atoms. The first kappa shape index (κ1) is 18.4. The lowest BCUT2D eigenvalue weighted by molar-refractivity contribution is -0.116. The third-order valence-corrected chi connectivity index (χ3v) is 7.16. The maximum absolute atomic E-state index is 14.2. The lowest BCUT2D eigenvalue weighted by atomic mass is 10.0. The molecular weight excluding hydrogens is 391 g/mol. The molecule has 1 saturated carbocycles. The normalized spacial score (nSPS) is 16.9. The van der Waals surface area contributed by atoms with Crippen molar-refractivity contribution in [2.75, 3.05) is 5.32 Å². The number of hydrogen-bond donors (Lipinski definition) is 1. The molecule has 4 rings (SSSR count). The minimum Gasteiger partial charge on any atom is -0.326 e. The molecule has 5 nitrogen and oxygen atoms in total. The smallest absolute Gasteiger partial charge is 0.243 e. The highest BCUT2D eigenvalue weighted by Crippen LogP contribution is 2.36. The zero-order valence-corrected chi connectivity index (χ0v) is 16.0. The number of carbonyl (C=O) groups is 1. The summed E-state index contributed by atoms with van der Waals surface area (Å²) in [6.45, 7) is -0.105. The highest BCUT2D eigenvalue weighted by atomic mass is 35.5. The first-order valence-corrected chi connectivity index (χ1v) is 10.6. The van der Waals surface area contributed by atoms with Gasteiger partial charge in [0.1, 0.15) is 5.82 Å². The first-order chi connectivity index (χ1) is 12.9. The summed E-state index contributed by atoms with van der Waals surface area (Å²) in [5, 5.41) is 2.96. The number of carbonyl (C=O) groups excluding carboxylic acids is 1. The van der Waals surface area contributed by atoms with Gasteiger partial charge in [0.25, 0.3) is 0 Å². The van der Waals surface area contributed by atoms with Crippen LogP contribution in [0.5, 0.6) is 0 Å². The molecule has 8 heteroatoms. The van der Waals surface area contributed by atoms with Gasteiger partial charge < -0.3 is 5.32 Å². The SMILES string of the molecule is O=C1CCc2cc(S(=O)(=O)N(Cc3c(F)cccc3Cl)C3CC3)ccc2N1. The fourth-order valence-electron chi connectivity index (χ4n) is 3.27. The van der Waals surface area contributed by atoms with Gasteiger partial charge in [0.15, 0.2) is 0 Å². The second kappa shape index (κ2) is 6.89. The van der Waals surface area contributed by atoms with Gasteiger partial charge in [-0.05, 0) is 55.2 Å². The summed E-state index contributed by atoms with van der Waals surface area (Å²) in [5.74, 6) is -0.594. The van der Waals surface area contributed by atoms with E-state index in [4.69, 9.17) is 11.6 Å². The molecule has 1 heterocycles. The Morgan fingerprint density at radius 2 is 1.96 bits per heavy atom. The van der Waals surface area contributed by atoms with Gasteiger partial charge >= 0.3 is 0 Å². The molecule has 2 aliphatic rings. The molecule has 1 aliphatic heterocycles. The summed E-state index contributed by atoms with van der Waals surface area (Å²) in [5.41, 5.74) is 1.61. The average Bonchev–Trinajstić information content (AvgIpc) is 3.45. The van der Waals surface area contributed by atoms with Gasteiger partial charge in [-0.3, -0.25) is 4.79 Å². The number of fused-ring (bicyclic) bond motifs is 1. The van der Waals surface area contributed by atoms with Crippen LogP contribution in [0.4, 0.5) is 10.1 Å². The number of anilines is 1. The van der Waals surface area contributed by atoms with Crippen LogP contribution in [0.25, 0.3) is 0 Å². The van der Waals surface area contributed by atoms with Crippen molar-refractivity contribution in [3.63, 3.8) is 0 Å². The lowest BCUT2D eigenvalue weighted by Crippen LogP contribution is -2.33. The van der Waals surface area contributed by atoms with Crippen LogP contribution in [0.1, 0.15) is 30.4 Å². The van der Waals surface area contributed by atoms with Crippen LogP contribution in [-0.4, -0.2) is 24.7 Å². The van der Waals surface area contributed by atoms with Gasteiger partial charge in [-0.25, -0.2) is 12.8 Å². The lowest BCUT2D eigenvalue weighted by Gasteiger charge is -2.24. The Balaban J connectivity index is 1.69. The molecule has 0 radical (unpaired) electrons. The third-order valence-electron chi connectivity index (χ3n) is 4.91. The topological polar surface area (TPSA) is 66.5 Å². The standard InChI is InChI=1S/C19H18ClFN2O3S/c20-16-2-1-3-17(21)15(16)11-23(13-5-6-13)27(25,26)14-7-8-18-12(10-14)4-9-19(24)22-18/h1-3,7-8,10,13H,4-6,9,11H2,(H,22,24). The van der Waals surface area contributed by atoms with Crippen molar-refractivity contribution >= 4 is 33.2 Å². The van der Waals surface area contributed by atoms with Crippen LogP contribution >= 0.6 is 11.6 Å². The predicted octanol–water partition coefficient (Wildman–Crippen LogP) is 3.72. The number of rotatable bonds is 5. The number of amides is 1. The van der Waals surface area contributed by atoms with Crippen LogP contribution in [0.2, 0.25) is 5.02 Å². The highest BCUT2D eigenvalue weighted by molar-refractivity contribution is 7.89. The van der Waals surface area contributed by atoms with E-state index in [0.29, 0.717) is 18.5 Å². The highest BCUT2D eigenvalue weighted by Gasteiger charge is 2.39. The molecule has 27 heavy (non-hydrogen) atoms. The van der Waals surface area contributed by atoms with E-state index >= 15 is 0 Å². The number of benzene rings is 2. The number of hydrogen-bond acceptors (Lipinski definition) is 3. The Labute approximate surface area is 162 Å². The molecule has 0 unspecified atom stereocenters. The second-order valence-corrected chi connectivity index (χ2v) is 9.15. The number of nitrogens with one attached hydrogen (secondary N) is 1. The van der Waals surface area contributed by atoms with Crippen molar-refractivity contribution in [2.24, 2.45) is 0 Å². The molecule has 1 amide bonds. The number of sulfonamides is 1. The maximum Gasteiger partial charge on any atom is 0.243 e. The number of aryl methyl sites for hydroxylation is 1. The fraction of sp³-hybridized carbons (Fsp3) is 0.316. The number of nitrogens with zero attached hydrogens (tertiary/aromatic N) is 1. The molecule has 142 valence electrons. The Hall–Kier alpha value is -1.96. The Morgan fingerprint density at radius 1 is 1.19 bits per heavy atom. The van der Waals surface area contributed by atoms with Crippen molar-refractivity contribution < 1.29 is 17.6 Å². The van der Waals surface area contributed by atoms with E-state index < -0.39 is 15.8 Å². The summed E-state index contributed by atoms with van der Waals surface area (Å²) in [6.07, 6.45) is 2.30. The van der Waals surface area contributed by atoms with Crippen molar-refractivity contribution in [1.29, 1.82) is 0 Å². The molecule has 1 N–H and O–H groups in total. The fourth-order valence-corrected chi connectivity index (χ4v) is 5.19. The maximum atomic E-state index is 14.2. The Kier molecular flexibility index (Phi) is 4.70. The van der Waals surface area contributed by atoms with E-state index in [1.807, 2.05) is 0 Å². The van der Waals surface area contributed by atoms with Crippen LogP contribution in [0.3, 0.4) is 0 Å². The van der Waals surface area contributed by atoms with Gasteiger partial charge in [-0.15, -0.1) is 0 Å². The van der Waals surface area contributed by atoms with Gasteiger partial charge in [0, 0.05) is 35.3 Å². The zero-order chi connectivity index (χ0) is 19.2. The molecule has 1 fully saturated rings. The van der Waals surface area contributed by atoms with Crippen LogP contribution in [-0.2, 0) is 27.8 Å². The molecule has 0 saturated heterocycles. The van der Waals surface area contributed by atoms with Gasteiger partial charge in [0.2, 0.25) is 15.9 Å². The van der Waals surface area contributed by atoms with E-state index in [1.165, 1.54) is 22.5 Å². The zero-order valence-electron chi connectivity index (χ0n) is 14.4. The summed E-state index contributed by atoms with van der Waals surface area (Å²) >= 11 is 6.10. The molecular formula is C19H18ClFN2O3S. The van der Waals surface area contributed by atoms with E-state index in [0.717, 1.165) is 18.4 Å². The molecule has 2 aromatic rings. The summed E-state index contributed by atoms with van der Waals surface area (Å²) in [7, 11) is -3.82. The van der Waals surface area contributed by atoms with E-state index in [2.05, 4.69) is 5.32 Å². The van der Waals surface area contributed by atoms with Crippen LogP contribution < -0.4 is 5.32 Å². The summed E-state index contributed by atoms with van der Waals surface area (Å²) in [4.78, 5) is 11.6. The first-order valence-electron chi connectivity index (χ1n) is 8.74. The van der Waals surface area contributed by atoms with Gasteiger partial charge in [-0.1, -0.05) is 17.7 Å². The second-order valence-electron chi connectivity index (χ2n) is 6.85. The quantitative estimate of drug-likeness (QED) is 0.820. The van der Waals surface area contributed by atoms with Gasteiger partial charge in [0.05, 0.1) is 4.90 Å². The minimum absolute atomic E-state index is 0.0769. The predicted molar refractivity (Wildman–Crippen MR) is 101 cm³/mol. The average molecular weight is 409 g/mol. The van der Waals surface area contributed by atoms with Crippen molar-refractivity contribution in [3.05, 3.63) is 58.4 Å². The van der Waals surface area contributed by atoms with Gasteiger partial charge in [-0.2, -0.15) is 4.31 Å². The Bertz CT molecular complexity index is 1000. The molecule has 0 aromatic heterocycles. The van der Waals surface area contributed by atoms with Crippen molar-refractivity contribution in [3.8, 4) is 0 Å². The van der Waals surface area contributed by atoms with Crippen molar-refractivity contribution in [2.45, 2.75) is 43.2 Å². The van der Waals surface area contributed by atoms with Crippen molar-refractivity contribution in [1.82, 2.24) is 4.31 Å². The minimum atomic E-state index is -3.82.